The van der Waals surface area contributed by atoms with Crippen molar-refractivity contribution in [3.05, 3.63) is 29.3 Å². The third kappa shape index (κ3) is 4.54. The Bertz CT molecular complexity index is 731. The molecule has 1 atom stereocenters. The highest BCUT2D eigenvalue weighted by Gasteiger charge is 2.31. The second-order valence-corrected chi connectivity index (χ2v) is 7.63. The number of amides is 1. The molecule has 0 radical (unpaired) electrons. The van der Waals surface area contributed by atoms with E-state index in [1.54, 1.807) is 12.1 Å². The molecular weight excluding hydrogens is 362 g/mol. The van der Waals surface area contributed by atoms with Crippen molar-refractivity contribution < 1.29 is 13.9 Å². The van der Waals surface area contributed by atoms with Crippen molar-refractivity contribution in [2.75, 3.05) is 26.3 Å². The Morgan fingerprint density at radius 3 is 2.72 bits per heavy atom. The van der Waals surface area contributed by atoms with Crippen LogP contribution in [-0.4, -0.2) is 52.6 Å². The molecule has 1 amide bonds. The topological polar surface area (TPSA) is 68.5 Å². The minimum absolute atomic E-state index is 0.0887. The monoisotopic (exact) mass is 381 g/mol. The predicted octanol–water partition coefficient (Wildman–Crippen LogP) is 3.37. The van der Waals surface area contributed by atoms with Gasteiger partial charge in [0.05, 0.1) is 18.5 Å². The van der Waals surface area contributed by atoms with E-state index < -0.39 is 0 Å². The van der Waals surface area contributed by atoms with Crippen LogP contribution in [0.2, 0.25) is 5.02 Å². The maximum atomic E-state index is 12.8. The molecule has 6 nitrogen and oxygen atoms in total. The van der Waals surface area contributed by atoms with Crippen LogP contribution in [0, 0.1) is 5.92 Å². The lowest BCUT2D eigenvalue weighted by atomic mass is 10.1. The molecule has 1 aromatic heterocycles. The third-order valence-corrected chi connectivity index (χ3v) is 5.48. The molecule has 1 aliphatic heterocycles. The standard InChI is InChI=1S/C17H20ClN3O3S/c1-11(2)14(16(22)21-6-8-23-9-7-21)25-17-20-19-15(24-17)12-4-3-5-13(18)10-12/h3-5,10-11,14H,6-9H2,1-2H3. The lowest BCUT2D eigenvalue weighted by molar-refractivity contribution is -0.135. The van der Waals surface area contributed by atoms with Crippen LogP contribution in [0.3, 0.4) is 0 Å². The van der Waals surface area contributed by atoms with Gasteiger partial charge in [-0.2, -0.15) is 0 Å². The number of benzene rings is 1. The molecule has 1 unspecified atom stereocenters. The minimum atomic E-state index is -0.272. The fourth-order valence-corrected chi connectivity index (χ4v) is 3.68. The number of morpholine rings is 1. The van der Waals surface area contributed by atoms with Crippen LogP contribution >= 0.6 is 23.4 Å². The lowest BCUT2D eigenvalue weighted by Gasteiger charge is -2.31. The Morgan fingerprint density at radius 2 is 2.04 bits per heavy atom. The number of ether oxygens (including phenoxy) is 1. The SMILES string of the molecule is CC(C)C(Sc1nnc(-c2cccc(Cl)c2)o1)C(=O)N1CCOCC1. The molecule has 1 fully saturated rings. The van der Waals surface area contributed by atoms with E-state index in [1.807, 2.05) is 30.9 Å². The maximum Gasteiger partial charge on any atom is 0.277 e. The maximum absolute atomic E-state index is 12.8. The normalized spacial score (nSPS) is 16.2. The molecule has 0 bridgehead atoms. The quantitative estimate of drug-likeness (QED) is 0.739. The minimum Gasteiger partial charge on any atom is -0.411 e. The van der Waals surface area contributed by atoms with Crippen LogP contribution < -0.4 is 0 Å². The summed E-state index contributed by atoms with van der Waals surface area (Å²) in [5, 5.41) is 8.87. The van der Waals surface area contributed by atoms with Gasteiger partial charge in [0.25, 0.3) is 5.22 Å². The predicted molar refractivity (Wildman–Crippen MR) is 96.6 cm³/mol. The van der Waals surface area contributed by atoms with Gasteiger partial charge in [0.15, 0.2) is 0 Å². The molecule has 0 spiro atoms. The van der Waals surface area contributed by atoms with Gasteiger partial charge in [-0.1, -0.05) is 43.3 Å². The van der Waals surface area contributed by atoms with Gasteiger partial charge in [0, 0.05) is 23.7 Å². The van der Waals surface area contributed by atoms with Crippen molar-refractivity contribution in [3.63, 3.8) is 0 Å². The number of nitrogens with zero attached hydrogens (tertiary/aromatic N) is 3. The number of aromatic nitrogens is 2. The zero-order valence-corrected chi connectivity index (χ0v) is 15.7. The van der Waals surface area contributed by atoms with Gasteiger partial charge in [-0.3, -0.25) is 4.79 Å². The summed E-state index contributed by atoms with van der Waals surface area (Å²) in [4.78, 5) is 14.7. The van der Waals surface area contributed by atoms with Crippen molar-refractivity contribution >= 4 is 29.3 Å². The summed E-state index contributed by atoms with van der Waals surface area (Å²) in [6.07, 6.45) is 0. The summed E-state index contributed by atoms with van der Waals surface area (Å²) in [5.74, 6) is 0.624. The first-order chi connectivity index (χ1) is 12.0. The van der Waals surface area contributed by atoms with Crippen molar-refractivity contribution in [2.45, 2.75) is 24.3 Å². The molecule has 0 N–H and O–H groups in total. The zero-order chi connectivity index (χ0) is 17.8. The van der Waals surface area contributed by atoms with Crippen LogP contribution in [0.15, 0.2) is 33.9 Å². The second kappa shape index (κ2) is 8.21. The molecule has 0 saturated carbocycles. The van der Waals surface area contributed by atoms with Crippen LogP contribution in [-0.2, 0) is 9.53 Å². The lowest BCUT2D eigenvalue weighted by Crippen LogP contribution is -2.46. The first-order valence-corrected chi connectivity index (χ1v) is 9.43. The Labute approximate surface area is 155 Å². The van der Waals surface area contributed by atoms with Crippen LogP contribution in [0.5, 0.6) is 0 Å². The zero-order valence-electron chi connectivity index (χ0n) is 14.1. The van der Waals surface area contributed by atoms with Gasteiger partial charge >= 0.3 is 0 Å². The highest BCUT2D eigenvalue weighted by molar-refractivity contribution is 8.00. The van der Waals surface area contributed by atoms with E-state index in [1.165, 1.54) is 11.8 Å². The van der Waals surface area contributed by atoms with Crippen molar-refractivity contribution in [1.29, 1.82) is 0 Å². The largest absolute Gasteiger partial charge is 0.411 e. The van der Waals surface area contributed by atoms with E-state index >= 15 is 0 Å². The molecule has 0 aliphatic carbocycles. The second-order valence-electron chi connectivity index (χ2n) is 6.10. The summed E-state index contributed by atoms with van der Waals surface area (Å²) in [5.41, 5.74) is 0.757. The van der Waals surface area contributed by atoms with Crippen molar-refractivity contribution in [2.24, 2.45) is 5.92 Å². The number of rotatable bonds is 5. The molecule has 2 aromatic rings. The van der Waals surface area contributed by atoms with E-state index in [4.69, 9.17) is 20.8 Å². The fraction of sp³-hybridized carbons (Fsp3) is 0.471. The highest BCUT2D eigenvalue weighted by Crippen LogP contribution is 2.31. The molecule has 25 heavy (non-hydrogen) atoms. The van der Waals surface area contributed by atoms with Gasteiger partial charge < -0.3 is 14.1 Å². The summed E-state index contributed by atoms with van der Waals surface area (Å²) in [7, 11) is 0. The molecule has 1 aromatic carbocycles. The van der Waals surface area contributed by atoms with Crippen molar-refractivity contribution in [3.8, 4) is 11.5 Å². The van der Waals surface area contributed by atoms with Gasteiger partial charge in [-0.05, 0) is 24.1 Å². The molecule has 3 rings (SSSR count). The summed E-state index contributed by atoms with van der Waals surface area (Å²) in [6.45, 7) is 6.45. The number of carbonyl (C=O) groups is 1. The summed E-state index contributed by atoms with van der Waals surface area (Å²) < 4.78 is 11.0. The molecule has 1 aliphatic rings. The van der Waals surface area contributed by atoms with Crippen molar-refractivity contribution in [1.82, 2.24) is 15.1 Å². The van der Waals surface area contributed by atoms with E-state index in [0.29, 0.717) is 42.4 Å². The Hall–Kier alpha value is -1.57. The highest BCUT2D eigenvalue weighted by atomic mass is 35.5. The number of halogens is 1. The first-order valence-electron chi connectivity index (χ1n) is 8.17. The summed E-state index contributed by atoms with van der Waals surface area (Å²) in [6, 6.07) is 7.23. The van der Waals surface area contributed by atoms with Gasteiger partial charge in [0.1, 0.15) is 0 Å². The average Bonchev–Trinajstić information content (AvgIpc) is 3.08. The molecule has 134 valence electrons. The first kappa shape index (κ1) is 18.2. The fourth-order valence-electron chi connectivity index (χ4n) is 2.54. The molecule has 8 heteroatoms. The van der Waals surface area contributed by atoms with E-state index in [2.05, 4.69) is 10.2 Å². The molecule has 2 heterocycles. The van der Waals surface area contributed by atoms with Crippen LogP contribution in [0.25, 0.3) is 11.5 Å². The number of carbonyl (C=O) groups excluding carboxylic acids is 1. The average molecular weight is 382 g/mol. The Balaban J connectivity index is 1.73. The molecule has 1 saturated heterocycles. The van der Waals surface area contributed by atoms with E-state index in [0.717, 1.165) is 5.56 Å². The Kier molecular flexibility index (Phi) is 5.98. The number of thioether (sulfide) groups is 1. The smallest absolute Gasteiger partial charge is 0.277 e. The van der Waals surface area contributed by atoms with Gasteiger partial charge in [-0.15, -0.1) is 10.2 Å². The third-order valence-electron chi connectivity index (χ3n) is 3.88. The van der Waals surface area contributed by atoms with Crippen LogP contribution in [0.1, 0.15) is 13.8 Å². The van der Waals surface area contributed by atoms with Crippen LogP contribution in [0.4, 0.5) is 0 Å². The molecular formula is C17H20ClN3O3S. The summed E-state index contributed by atoms with van der Waals surface area (Å²) >= 11 is 7.31. The van der Waals surface area contributed by atoms with E-state index in [9.17, 15) is 4.79 Å². The van der Waals surface area contributed by atoms with Gasteiger partial charge in [0.2, 0.25) is 11.8 Å². The number of hydrogen-bond donors (Lipinski definition) is 0. The van der Waals surface area contributed by atoms with E-state index in [-0.39, 0.29) is 17.1 Å². The van der Waals surface area contributed by atoms with Gasteiger partial charge in [-0.25, -0.2) is 0 Å². The Morgan fingerprint density at radius 1 is 1.28 bits per heavy atom. The number of hydrogen-bond acceptors (Lipinski definition) is 6.